The Kier molecular flexibility index (Phi) is 23.4. The second-order valence-corrected chi connectivity index (χ2v) is 6.48. The summed E-state index contributed by atoms with van der Waals surface area (Å²) in [5.74, 6) is 0. The van der Waals surface area contributed by atoms with Gasteiger partial charge in [0.05, 0.1) is 0 Å². The van der Waals surface area contributed by atoms with Gasteiger partial charge in [-0.05, 0) is 0 Å². The van der Waals surface area contributed by atoms with Gasteiger partial charge in [-0.15, -0.1) is 18.3 Å². The zero-order chi connectivity index (χ0) is 19.3. The van der Waals surface area contributed by atoms with Gasteiger partial charge in [0, 0.05) is 0 Å². The predicted molar refractivity (Wildman–Crippen MR) is 95.8 cm³/mol. The van der Waals surface area contributed by atoms with Crippen LogP contribution in [0.15, 0.2) is 0 Å². The number of rotatable bonds is 1. The average molecular weight is 374 g/mol. The molecule has 0 radical (unpaired) electrons. The summed E-state index contributed by atoms with van der Waals surface area (Å²) in [6.45, 7) is 20.8. The Labute approximate surface area is 165 Å². The molecular formula is C20H38O3Ti. The molecule has 0 saturated heterocycles. The fraction of sp³-hybridized carbons (Fsp3) is 0.750. The van der Waals surface area contributed by atoms with E-state index in [4.69, 9.17) is 0 Å². The Morgan fingerprint density at radius 3 is 1.08 bits per heavy atom. The van der Waals surface area contributed by atoms with E-state index in [0.717, 1.165) is 0 Å². The van der Waals surface area contributed by atoms with E-state index in [1.165, 1.54) is 28.7 Å². The molecule has 0 unspecified atom stereocenters. The van der Waals surface area contributed by atoms with E-state index in [1.807, 2.05) is 0 Å². The molecule has 24 heavy (non-hydrogen) atoms. The van der Waals surface area contributed by atoms with Crippen LogP contribution >= 0.6 is 0 Å². The van der Waals surface area contributed by atoms with Crippen LogP contribution in [0.4, 0.5) is 0 Å². The van der Waals surface area contributed by atoms with Crippen molar-refractivity contribution >= 4 is 0 Å². The summed E-state index contributed by atoms with van der Waals surface area (Å²) in [7, 11) is 0. The van der Waals surface area contributed by atoms with Gasteiger partial charge in [-0.2, -0.15) is 27.8 Å². The first kappa shape index (κ1) is 31.7. The number of hydrogen-bond donors (Lipinski definition) is 0. The molecule has 0 aliphatic carbocycles. The Hall–Kier alpha value is -0.0557. The van der Waals surface area contributed by atoms with Crippen LogP contribution in [-0.4, -0.2) is 18.3 Å². The van der Waals surface area contributed by atoms with Gasteiger partial charge in [0.2, 0.25) is 0 Å². The second kappa shape index (κ2) is 17.8. The SMILES string of the molecule is CC(C)[O-].CC(C)[O-].CC(C)[O-].CCc1c(C)c(C)c(C)[c-]1C.[Ti+4]. The zero-order valence-electron chi connectivity index (χ0n) is 17.7. The molecule has 1 aromatic carbocycles. The molecule has 0 aliphatic rings. The summed E-state index contributed by atoms with van der Waals surface area (Å²) in [6, 6.07) is 0. The van der Waals surface area contributed by atoms with Crippen LogP contribution in [0.25, 0.3) is 0 Å². The van der Waals surface area contributed by atoms with Gasteiger partial charge in [0.15, 0.2) is 0 Å². The third kappa shape index (κ3) is 20.0. The first-order chi connectivity index (χ1) is 10.3. The van der Waals surface area contributed by atoms with Gasteiger partial charge >= 0.3 is 21.7 Å². The first-order valence-corrected chi connectivity index (χ1v) is 8.48. The van der Waals surface area contributed by atoms with Crippen molar-refractivity contribution in [3.05, 3.63) is 27.8 Å². The van der Waals surface area contributed by atoms with Crippen molar-refractivity contribution in [2.24, 2.45) is 0 Å². The fourth-order valence-electron chi connectivity index (χ4n) is 1.83. The van der Waals surface area contributed by atoms with Crippen LogP contribution in [0.1, 0.15) is 76.3 Å². The topological polar surface area (TPSA) is 69.2 Å². The monoisotopic (exact) mass is 374 g/mol. The fourth-order valence-corrected chi connectivity index (χ4v) is 1.83. The molecule has 1 rings (SSSR count). The van der Waals surface area contributed by atoms with E-state index >= 15 is 0 Å². The van der Waals surface area contributed by atoms with E-state index < -0.39 is 18.3 Å². The van der Waals surface area contributed by atoms with E-state index in [0.29, 0.717) is 0 Å². The normalized spacial score (nSPS) is 9.38. The Morgan fingerprint density at radius 2 is 1.00 bits per heavy atom. The molecule has 140 valence electrons. The van der Waals surface area contributed by atoms with Crippen LogP contribution in [0, 0.1) is 27.7 Å². The van der Waals surface area contributed by atoms with Gasteiger partial charge in [-0.25, -0.2) is 0 Å². The molecule has 0 fully saturated rings. The van der Waals surface area contributed by atoms with Crippen molar-refractivity contribution < 1.29 is 37.0 Å². The Bertz CT molecular complexity index is 346. The van der Waals surface area contributed by atoms with Crippen molar-refractivity contribution in [2.45, 2.75) is 101 Å². The maximum atomic E-state index is 9.53. The standard InChI is InChI=1S/C11H17.3C3H7O.Ti/c1-6-11-9(4)7(2)8(3)10(11)5;3*1-3(2)4;/h6H2,1-5H3;3*3H,1-2H3;/q4*-1;+4. The van der Waals surface area contributed by atoms with Gasteiger partial charge in [-0.1, -0.05) is 82.6 Å². The summed E-state index contributed by atoms with van der Waals surface area (Å²) in [6.07, 6.45) is -0.0770. The second-order valence-electron chi connectivity index (χ2n) is 6.48. The molecule has 0 aromatic heterocycles. The maximum Gasteiger partial charge on any atom is 4.00 e. The molecule has 0 heterocycles. The molecule has 0 aliphatic heterocycles. The molecule has 1 aromatic rings. The van der Waals surface area contributed by atoms with E-state index in [-0.39, 0.29) is 21.7 Å². The molecule has 0 bridgehead atoms. The van der Waals surface area contributed by atoms with Gasteiger partial charge in [0.25, 0.3) is 0 Å². The molecule has 0 atom stereocenters. The molecule has 0 N–H and O–H groups in total. The summed E-state index contributed by atoms with van der Waals surface area (Å²) >= 11 is 0. The summed E-state index contributed by atoms with van der Waals surface area (Å²) < 4.78 is 0. The summed E-state index contributed by atoms with van der Waals surface area (Å²) in [5.41, 5.74) is 7.53. The van der Waals surface area contributed by atoms with Crippen LogP contribution < -0.4 is 15.3 Å². The summed E-state index contributed by atoms with van der Waals surface area (Å²) in [5, 5.41) is 28.6. The smallest absolute Gasteiger partial charge is 0.852 e. The molecule has 0 amide bonds. The largest absolute Gasteiger partial charge is 4.00 e. The molecular weight excluding hydrogens is 336 g/mol. The van der Waals surface area contributed by atoms with E-state index in [9.17, 15) is 15.3 Å². The Morgan fingerprint density at radius 1 is 0.750 bits per heavy atom. The summed E-state index contributed by atoms with van der Waals surface area (Å²) in [4.78, 5) is 0. The van der Waals surface area contributed by atoms with Crippen molar-refractivity contribution in [3.8, 4) is 0 Å². The average Bonchev–Trinajstić information content (AvgIpc) is 2.52. The molecule has 0 saturated carbocycles. The van der Waals surface area contributed by atoms with Crippen molar-refractivity contribution in [1.82, 2.24) is 0 Å². The Balaban J connectivity index is -0.000000130. The molecule has 4 heteroatoms. The van der Waals surface area contributed by atoms with Crippen molar-refractivity contribution in [1.29, 1.82) is 0 Å². The van der Waals surface area contributed by atoms with Gasteiger partial charge in [-0.3, -0.25) is 0 Å². The van der Waals surface area contributed by atoms with E-state index in [1.54, 1.807) is 47.1 Å². The quantitative estimate of drug-likeness (QED) is 0.560. The molecule has 0 spiro atoms. The predicted octanol–water partition coefficient (Wildman–Crippen LogP) is 2.46. The van der Waals surface area contributed by atoms with Gasteiger partial charge in [0.1, 0.15) is 0 Å². The van der Waals surface area contributed by atoms with Crippen molar-refractivity contribution in [2.75, 3.05) is 0 Å². The first-order valence-electron chi connectivity index (χ1n) is 8.48. The third-order valence-corrected chi connectivity index (χ3v) is 2.95. The number of hydrogen-bond acceptors (Lipinski definition) is 3. The van der Waals surface area contributed by atoms with E-state index in [2.05, 4.69) is 34.6 Å². The maximum absolute atomic E-state index is 9.53. The minimum absolute atomic E-state index is 0. The minimum atomic E-state index is -0.417. The van der Waals surface area contributed by atoms with Crippen LogP contribution in [0.3, 0.4) is 0 Å². The van der Waals surface area contributed by atoms with Crippen LogP contribution in [0.5, 0.6) is 0 Å². The van der Waals surface area contributed by atoms with Crippen molar-refractivity contribution in [3.63, 3.8) is 0 Å². The van der Waals surface area contributed by atoms with Crippen LogP contribution in [0.2, 0.25) is 0 Å². The molecule has 3 nitrogen and oxygen atoms in total. The zero-order valence-corrected chi connectivity index (χ0v) is 19.2. The third-order valence-electron chi connectivity index (χ3n) is 2.95. The minimum Gasteiger partial charge on any atom is -0.852 e. The van der Waals surface area contributed by atoms with Crippen LogP contribution in [-0.2, 0) is 28.1 Å². The van der Waals surface area contributed by atoms with Gasteiger partial charge < -0.3 is 15.3 Å².